The molecule has 1 amide bonds. The second kappa shape index (κ2) is 7.58. The monoisotopic (exact) mass is 267 g/mol. The highest BCUT2D eigenvalue weighted by Crippen LogP contribution is 2.20. The first-order chi connectivity index (χ1) is 8.47. The second-order valence-corrected chi connectivity index (χ2v) is 4.45. The molecule has 1 heterocycles. The van der Waals surface area contributed by atoms with Gasteiger partial charge in [-0.15, -0.1) is 0 Å². The Morgan fingerprint density at radius 3 is 2.78 bits per heavy atom. The Bertz CT molecular complexity index is 250. The minimum atomic E-state index is -4.14. The lowest BCUT2D eigenvalue weighted by Crippen LogP contribution is -2.39. The van der Waals surface area contributed by atoms with E-state index in [2.05, 4.69) is 10.6 Å². The minimum absolute atomic E-state index is 0.0587. The minimum Gasteiger partial charge on any atom is -0.355 e. The van der Waals surface area contributed by atoms with Crippen LogP contribution in [0, 0.1) is 0 Å². The van der Waals surface area contributed by atoms with E-state index in [1.54, 1.807) is 0 Å². The first kappa shape index (κ1) is 15.2. The standard InChI is InChI=1S/C11H20F3N3O/c12-11(13,14)3-1-5-16-10(18)9-17-7-2-4-15-6-8-17/h15H,1-9H2,(H,16,18). The van der Waals surface area contributed by atoms with Crippen molar-refractivity contribution in [2.75, 3.05) is 39.3 Å². The molecule has 106 valence electrons. The zero-order valence-electron chi connectivity index (χ0n) is 10.4. The fourth-order valence-electron chi connectivity index (χ4n) is 1.84. The molecule has 0 spiro atoms. The summed E-state index contributed by atoms with van der Waals surface area (Å²) in [4.78, 5) is 13.5. The number of hydrogen-bond donors (Lipinski definition) is 2. The number of alkyl halides is 3. The quantitative estimate of drug-likeness (QED) is 0.722. The Morgan fingerprint density at radius 2 is 2.06 bits per heavy atom. The van der Waals surface area contributed by atoms with E-state index in [9.17, 15) is 18.0 Å². The summed E-state index contributed by atoms with van der Waals surface area (Å²) in [6.45, 7) is 3.81. The predicted octanol–water partition coefficient (Wildman–Crippen LogP) is 0.740. The van der Waals surface area contributed by atoms with Crippen LogP contribution in [-0.4, -0.2) is 56.3 Å². The molecule has 7 heteroatoms. The van der Waals surface area contributed by atoms with Gasteiger partial charge in [-0.1, -0.05) is 0 Å². The summed E-state index contributed by atoms with van der Waals surface area (Å²) >= 11 is 0. The zero-order chi connectivity index (χ0) is 13.4. The van der Waals surface area contributed by atoms with E-state index in [0.29, 0.717) is 0 Å². The fourth-order valence-corrected chi connectivity index (χ4v) is 1.84. The molecule has 0 radical (unpaired) electrons. The Balaban J connectivity index is 2.09. The Labute approximate surface area is 105 Å². The molecule has 1 fully saturated rings. The van der Waals surface area contributed by atoms with Gasteiger partial charge in [0.15, 0.2) is 0 Å². The van der Waals surface area contributed by atoms with Crippen molar-refractivity contribution in [3.8, 4) is 0 Å². The Hall–Kier alpha value is -0.820. The van der Waals surface area contributed by atoms with Gasteiger partial charge in [0.2, 0.25) is 5.91 Å². The molecule has 2 N–H and O–H groups in total. The van der Waals surface area contributed by atoms with Gasteiger partial charge in [0.05, 0.1) is 6.54 Å². The average molecular weight is 267 g/mol. The number of nitrogens with one attached hydrogen (secondary N) is 2. The van der Waals surface area contributed by atoms with Crippen molar-refractivity contribution in [1.29, 1.82) is 0 Å². The highest BCUT2D eigenvalue weighted by molar-refractivity contribution is 5.77. The van der Waals surface area contributed by atoms with Crippen LogP contribution in [0.5, 0.6) is 0 Å². The maximum absolute atomic E-state index is 11.9. The van der Waals surface area contributed by atoms with E-state index in [0.717, 1.165) is 32.6 Å². The maximum Gasteiger partial charge on any atom is 0.389 e. The molecular formula is C11H20F3N3O. The van der Waals surface area contributed by atoms with Crippen molar-refractivity contribution < 1.29 is 18.0 Å². The number of carbonyl (C=O) groups excluding carboxylic acids is 1. The summed E-state index contributed by atoms with van der Waals surface area (Å²) < 4.78 is 35.6. The van der Waals surface area contributed by atoms with E-state index >= 15 is 0 Å². The largest absolute Gasteiger partial charge is 0.389 e. The lowest BCUT2D eigenvalue weighted by molar-refractivity contribution is -0.136. The number of halogens is 3. The van der Waals surface area contributed by atoms with Gasteiger partial charge in [-0.05, 0) is 25.9 Å². The SMILES string of the molecule is O=C(CN1CCCNCC1)NCCCC(F)(F)F. The van der Waals surface area contributed by atoms with Crippen LogP contribution in [0.4, 0.5) is 13.2 Å². The number of nitrogens with zero attached hydrogens (tertiary/aromatic N) is 1. The molecule has 0 saturated carbocycles. The number of hydrogen-bond acceptors (Lipinski definition) is 3. The van der Waals surface area contributed by atoms with Gasteiger partial charge in [0.25, 0.3) is 0 Å². The third-order valence-electron chi connectivity index (χ3n) is 2.76. The molecule has 0 unspecified atom stereocenters. The van der Waals surface area contributed by atoms with Gasteiger partial charge in [-0.25, -0.2) is 0 Å². The summed E-state index contributed by atoms with van der Waals surface area (Å²) in [6.07, 6.45) is -4.06. The van der Waals surface area contributed by atoms with Crippen molar-refractivity contribution >= 4 is 5.91 Å². The summed E-state index contributed by atoms with van der Waals surface area (Å²) in [5, 5.41) is 5.74. The third kappa shape index (κ3) is 7.50. The number of rotatable bonds is 5. The molecule has 0 aliphatic carbocycles. The molecule has 0 aromatic heterocycles. The molecule has 0 bridgehead atoms. The molecule has 1 saturated heterocycles. The highest BCUT2D eigenvalue weighted by atomic mass is 19.4. The van der Waals surface area contributed by atoms with E-state index < -0.39 is 12.6 Å². The van der Waals surface area contributed by atoms with Crippen molar-refractivity contribution in [2.24, 2.45) is 0 Å². The van der Waals surface area contributed by atoms with Crippen LogP contribution in [0.1, 0.15) is 19.3 Å². The smallest absolute Gasteiger partial charge is 0.355 e. The van der Waals surface area contributed by atoms with Gasteiger partial charge < -0.3 is 10.6 Å². The summed E-state index contributed by atoms with van der Waals surface area (Å²) in [5.74, 6) is -0.195. The molecule has 1 rings (SSSR count). The topological polar surface area (TPSA) is 44.4 Å². The Kier molecular flexibility index (Phi) is 6.42. The van der Waals surface area contributed by atoms with Gasteiger partial charge >= 0.3 is 6.18 Å². The average Bonchev–Trinajstić information content (AvgIpc) is 2.52. The van der Waals surface area contributed by atoms with E-state index in [1.807, 2.05) is 4.90 Å². The predicted molar refractivity (Wildman–Crippen MR) is 62.2 cm³/mol. The summed E-state index contributed by atoms with van der Waals surface area (Å²) in [7, 11) is 0. The van der Waals surface area contributed by atoms with Crippen LogP contribution in [0.25, 0.3) is 0 Å². The highest BCUT2D eigenvalue weighted by Gasteiger charge is 2.26. The van der Waals surface area contributed by atoms with Crippen molar-refractivity contribution in [3.05, 3.63) is 0 Å². The summed E-state index contributed by atoms with van der Waals surface area (Å²) in [6, 6.07) is 0. The molecule has 0 aromatic rings. The number of carbonyl (C=O) groups is 1. The molecule has 0 aromatic carbocycles. The Morgan fingerprint density at radius 1 is 1.28 bits per heavy atom. The van der Waals surface area contributed by atoms with E-state index in [1.165, 1.54) is 0 Å². The van der Waals surface area contributed by atoms with Crippen molar-refractivity contribution in [2.45, 2.75) is 25.4 Å². The normalized spacial score (nSPS) is 18.4. The van der Waals surface area contributed by atoms with Crippen LogP contribution in [-0.2, 0) is 4.79 Å². The zero-order valence-corrected chi connectivity index (χ0v) is 10.4. The third-order valence-corrected chi connectivity index (χ3v) is 2.76. The molecule has 1 aliphatic heterocycles. The van der Waals surface area contributed by atoms with E-state index in [-0.39, 0.29) is 25.4 Å². The maximum atomic E-state index is 11.9. The molecule has 1 aliphatic rings. The fraction of sp³-hybridized carbons (Fsp3) is 0.909. The van der Waals surface area contributed by atoms with Gasteiger partial charge in [0.1, 0.15) is 0 Å². The van der Waals surface area contributed by atoms with E-state index in [4.69, 9.17) is 0 Å². The summed E-state index contributed by atoms with van der Waals surface area (Å²) in [5.41, 5.74) is 0. The molecule has 4 nitrogen and oxygen atoms in total. The first-order valence-electron chi connectivity index (χ1n) is 6.24. The van der Waals surface area contributed by atoms with Crippen LogP contribution in [0.2, 0.25) is 0 Å². The van der Waals surface area contributed by atoms with Gasteiger partial charge in [-0.2, -0.15) is 13.2 Å². The van der Waals surface area contributed by atoms with Gasteiger partial charge in [-0.3, -0.25) is 9.69 Å². The van der Waals surface area contributed by atoms with Crippen LogP contribution >= 0.6 is 0 Å². The first-order valence-corrected chi connectivity index (χ1v) is 6.24. The van der Waals surface area contributed by atoms with Crippen molar-refractivity contribution in [3.63, 3.8) is 0 Å². The molecule has 18 heavy (non-hydrogen) atoms. The second-order valence-electron chi connectivity index (χ2n) is 4.45. The number of amides is 1. The van der Waals surface area contributed by atoms with Gasteiger partial charge in [0, 0.05) is 26.1 Å². The molecule has 0 atom stereocenters. The van der Waals surface area contributed by atoms with Crippen LogP contribution < -0.4 is 10.6 Å². The lowest BCUT2D eigenvalue weighted by atomic mass is 10.3. The van der Waals surface area contributed by atoms with Crippen molar-refractivity contribution in [1.82, 2.24) is 15.5 Å². The van der Waals surface area contributed by atoms with Crippen LogP contribution in [0.15, 0.2) is 0 Å². The molecular weight excluding hydrogens is 247 g/mol. The lowest BCUT2D eigenvalue weighted by Gasteiger charge is -2.18. The van der Waals surface area contributed by atoms with Crippen LogP contribution in [0.3, 0.4) is 0 Å².